The monoisotopic (exact) mass is 360 g/mol. The molecular weight excluding hydrogens is 332 g/mol. The first-order valence-electron chi connectivity index (χ1n) is 9.45. The van der Waals surface area contributed by atoms with Crippen LogP contribution < -0.4 is 16.0 Å². The Kier molecular flexibility index (Phi) is 6.99. The van der Waals surface area contributed by atoms with Crippen LogP contribution in [0.4, 0.5) is 11.4 Å². The Morgan fingerprint density at radius 1 is 1.04 bits per heavy atom. The Morgan fingerprint density at radius 3 is 2.31 bits per heavy atom. The quantitative estimate of drug-likeness (QED) is 0.740. The van der Waals surface area contributed by atoms with Crippen molar-refractivity contribution < 1.29 is 14.3 Å². The van der Waals surface area contributed by atoms with E-state index in [4.69, 9.17) is 4.74 Å². The molecule has 2 fully saturated rings. The number of rotatable bonds is 5. The molecule has 1 unspecified atom stereocenters. The molecule has 1 aromatic rings. The summed E-state index contributed by atoms with van der Waals surface area (Å²) >= 11 is 0. The summed E-state index contributed by atoms with van der Waals surface area (Å²) in [7, 11) is 0. The summed E-state index contributed by atoms with van der Waals surface area (Å²) in [6.45, 7) is 4.13. The van der Waals surface area contributed by atoms with Crippen molar-refractivity contribution in [1.29, 1.82) is 0 Å². The summed E-state index contributed by atoms with van der Waals surface area (Å²) < 4.78 is 5.30. The minimum atomic E-state index is -0.322. The number of nitrogens with zero attached hydrogens (tertiary/aromatic N) is 1. The van der Waals surface area contributed by atoms with Crippen molar-refractivity contribution in [2.75, 3.05) is 50.0 Å². The molecule has 0 aliphatic carbocycles. The van der Waals surface area contributed by atoms with E-state index in [0.717, 1.165) is 18.8 Å². The maximum absolute atomic E-state index is 12.2. The number of amides is 2. The van der Waals surface area contributed by atoms with Crippen LogP contribution >= 0.6 is 0 Å². The predicted octanol–water partition coefficient (Wildman–Crippen LogP) is 1.43. The van der Waals surface area contributed by atoms with Gasteiger partial charge < -0.3 is 20.7 Å². The number of likely N-dealkylation sites (tertiary alicyclic amines) is 1. The van der Waals surface area contributed by atoms with Gasteiger partial charge in [-0.2, -0.15) is 0 Å². The minimum Gasteiger partial charge on any atom is -0.378 e. The average Bonchev–Trinajstić information content (AvgIpc) is 2.92. The normalized spacial score (nSPS) is 21.6. The fourth-order valence-electron chi connectivity index (χ4n) is 3.30. The number of benzene rings is 1. The minimum absolute atomic E-state index is 0.00670. The third-order valence-corrected chi connectivity index (χ3v) is 4.74. The molecule has 7 nitrogen and oxygen atoms in total. The molecule has 2 aliphatic heterocycles. The Labute approximate surface area is 154 Å². The highest BCUT2D eigenvalue weighted by Gasteiger charge is 2.21. The van der Waals surface area contributed by atoms with Gasteiger partial charge in [0.1, 0.15) is 6.04 Å². The van der Waals surface area contributed by atoms with Crippen molar-refractivity contribution in [2.24, 2.45) is 0 Å². The molecule has 3 N–H and O–H groups in total. The van der Waals surface area contributed by atoms with E-state index in [1.807, 2.05) is 0 Å². The highest BCUT2D eigenvalue weighted by Crippen LogP contribution is 2.15. The van der Waals surface area contributed by atoms with Crippen LogP contribution in [0, 0.1) is 0 Å². The summed E-state index contributed by atoms with van der Waals surface area (Å²) in [5.74, 6) is -0.102. The van der Waals surface area contributed by atoms with Gasteiger partial charge in [0, 0.05) is 17.9 Å². The molecule has 2 saturated heterocycles. The Hall–Kier alpha value is -1.96. The number of anilines is 2. The molecule has 7 heteroatoms. The van der Waals surface area contributed by atoms with Gasteiger partial charge in [-0.15, -0.1) is 0 Å². The lowest BCUT2D eigenvalue weighted by molar-refractivity contribution is -0.121. The lowest BCUT2D eigenvalue weighted by atomic mass is 10.2. The zero-order valence-corrected chi connectivity index (χ0v) is 15.1. The van der Waals surface area contributed by atoms with Crippen molar-refractivity contribution in [1.82, 2.24) is 10.2 Å². The average molecular weight is 360 g/mol. The van der Waals surface area contributed by atoms with Crippen molar-refractivity contribution in [3.63, 3.8) is 0 Å². The van der Waals surface area contributed by atoms with Gasteiger partial charge in [-0.25, -0.2) is 0 Å². The fraction of sp³-hybridized carbons (Fsp3) is 0.579. The molecule has 142 valence electrons. The summed E-state index contributed by atoms with van der Waals surface area (Å²) in [6.07, 6.45) is 4.85. The standard InChI is InChI=1S/C19H28N4O3/c24-18(13-23-10-3-1-2-4-11-23)21-15-5-7-16(8-6-15)22-19(25)17-14-26-12-9-20-17/h5-8,17,20H,1-4,9-14H2,(H,21,24)(H,22,25). The largest absolute Gasteiger partial charge is 0.378 e. The maximum atomic E-state index is 12.2. The third-order valence-electron chi connectivity index (χ3n) is 4.74. The zero-order chi connectivity index (χ0) is 18.2. The second kappa shape index (κ2) is 9.66. The van der Waals surface area contributed by atoms with Crippen LogP contribution in [0.2, 0.25) is 0 Å². The smallest absolute Gasteiger partial charge is 0.243 e. The molecule has 0 bridgehead atoms. The highest BCUT2D eigenvalue weighted by atomic mass is 16.5. The van der Waals surface area contributed by atoms with Gasteiger partial charge >= 0.3 is 0 Å². The summed E-state index contributed by atoms with van der Waals surface area (Å²) in [5, 5.41) is 8.91. The van der Waals surface area contributed by atoms with Gasteiger partial charge in [0.25, 0.3) is 0 Å². The number of hydrogen-bond acceptors (Lipinski definition) is 5. The number of hydrogen-bond donors (Lipinski definition) is 3. The third kappa shape index (κ3) is 5.79. The van der Waals surface area contributed by atoms with Crippen molar-refractivity contribution in [3.05, 3.63) is 24.3 Å². The lowest BCUT2D eigenvalue weighted by Gasteiger charge is -2.23. The van der Waals surface area contributed by atoms with Crippen LogP contribution in [-0.4, -0.2) is 62.1 Å². The number of carbonyl (C=O) groups is 2. The van der Waals surface area contributed by atoms with E-state index in [1.165, 1.54) is 25.7 Å². The molecule has 0 aromatic heterocycles. The Balaban J connectivity index is 1.46. The van der Waals surface area contributed by atoms with E-state index in [1.54, 1.807) is 24.3 Å². The van der Waals surface area contributed by atoms with Crippen LogP contribution in [0.3, 0.4) is 0 Å². The molecule has 0 spiro atoms. The van der Waals surface area contributed by atoms with E-state index < -0.39 is 0 Å². The molecule has 1 aromatic carbocycles. The summed E-state index contributed by atoms with van der Waals surface area (Å²) in [5.41, 5.74) is 1.44. The second-order valence-corrected chi connectivity index (χ2v) is 6.89. The van der Waals surface area contributed by atoms with Crippen molar-refractivity contribution in [3.8, 4) is 0 Å². The van der Waals surface area contributed by atoms with Gasteiger partial charge in [0.15, 0.2) is 0 Å². The first kappa shape index (κ1) is 18.8. The first-order valence-corrected chi connectivity index (χ1v) is 9.45. The number of nitrogens with one attached hydrogen (secondary N) is 3. The molecule has 3 rings (SSSR count). The summed E-state index contributed by atoms with van der Waals surface area (Å²) in [4.78, 5) is 26.6. The maximum Gasteiger partial charge on any atom is 0.243 e. The van der Waals surface area contributed by atoms with Crippen LogP contribution in [-0.2, 0) is 14.3 Å². The Bertz CT molecular complexity index is 591. The van der Waals surface area contributed by atoms with Gasteiger partial charge in [-0.1, -0.05) is 12.8 Å². The number of carbonyl (C=O) groups excluding carboxylic acids is 2. The van der Waals surface area contributed by atoms with E-state index in [0.29, 0.717) is 32.0 Å². The SMILES string of the molecule is O=C(CN1CCCCCC1)Nc1ccc(NC(=O)C2COCCN2)cc1. The van der Waals surface area contributed by atoms with Crippen LogP contribution in [0.1, 0.15) is 25.7 Å². The predicted molar refractivity (Wildman–Crippen MR) is 101 cm³/mol. The van der Waals surface area contributed by atoms with Crippen LogP contribution in [0.25, 0.3) is 0 Å². The van der Waals surface area contributed by atoms with Gasteiger partial charge in [-0.05, 0) is 50.2 Å². The van der Waals surface area contributed by atoms with E-state index in [9.17, 15) is 9.59 Å². The van der Waals surface area contributed by atoms with E-state index >= 15 is 0 Å². The molecule has 2 amide bonds. The highest BCUT2D eigenvalue weighted by molar-refractivity contribution is 5.96. The van der Waals surface area contributed by atoms with Crippen molar-refractivity contribution >= 4 is 23.2 Å². The molecule has 1 atom stereocenters. The number of morpholine rings is 1. The van der Waals surface area contributed by atoms with Gasteiger partial charge in [-0.3, -0.25) is 14.5 Å². The van der Waals surface area contributed by atoms with Crippen LogP contribution in [0.5, 0.6) is 0 Å². The topological polar surface area (TPSA) is 82.7 Å². The molecular formula is C19H28N4O3. The van der Waals surface area contributed by atoms with Crippen molar-refractivity contribution in [2.45, 2.75) is 31.7 Å². The Morgan fingerprint density at radius 2 is 1.69 bits per heavy atom. The summed E-state index contributed by atoms with van der Waals surface area (Å²) in [6, 6.07) is 6.88. The lowest BCUT2D eigenvalue weighted by Crippen LogP contribution is -2.48. The fourth-order valence-corrected chi connectivity index (χ4v) is 3.30. The molecule has 26 heavy (non-hydrogen) atoms. The van der Waals surface area contributed by atoms with E-state index in [2.05, 4.69) is 20.9 Å². The molecule has 0 saturated carbocycles. The van der Waals surface area contributed by atoms with E-state index in [-0.39, 0.29) is 17.9 Å². The molecule has 2 aliphatic rings. The van der Waals surface area contributed by atoms with Gasteiger partial charge in [0.2, 0.25) is 11.8 Å². The second-order valence-electron chi connectivity index (χ2n) is 6.89. The van der Waals surface area contributed by atoms with Crippen LogP contribution in [0.15, 0.2) is 24.3 Å². The molecule has 0 radical (unpaired) electrons. The van der Waals surface area contributed by atoms with Gasteiger partial charge in [0.05, 0.1) is 19.8 Å². The first-order chi connectivity index (χ1) is 12.7. The molecule has 2 heterocycles. The zero-order valence-electron chi connectivity index (χ0n) is 15.1. The number of ether oxygens (including phenoxy) is 1.